The quantitative estimate of drug-likeness (QED) is 0.182. The summed E-state index contributed by atoms with van der Waals surface area (Å²) in [6.45, 7) is 2.99. The monoisotopic (exact) mass is 245 g/mol. The lowest BCUT2D eigenvalue weighted by Crippen LogP contribution is -2.50. The van der Waals surface area contributed by atoms with Crippen LogP contribution in [0.15, 0.2) is 4.99 Å². The molecule has 7 nitrogen and oxygen atoms in total. The molecule has 0 aliphatic carbocycles. The van der Waals surface area contributed by atoms with Crippen LogP contribution in [-0.2, 0) is 9.53 Å². The molecule has 100 valence electrons. The summed E-state index contributed by atoms with van der Waals surface area (Å²) in [5.74, 6) is 5.68. The minimum absolute atomic E-state index is 0.0372. The Morgan fingerprint density at radius 1 is 1.53 bits per heavy atom. The van der Waals surface area contributed by atoms with Gasteiger partial charge >= 0.3 is 0 Å². The number of hydrogen-bond donors (Lipinski definition) is 3. The van der Waals surface area contributed by atoms with Crippen molar-refractivity contribution in [1.29, 1.82) is 0 Å². The largest absolute Gasteiger partial charge is 0.385 e. The maximum Gasteiger partial charge on any atom is 0.244 e. The second-order valence-electron chi connectivity index (χ2n) is 3.82. The summed E-state index contributed by atoms with van der Waals surface area (Å²) in [6.07, 6.45) is 0.805. The molecular formula is C10H23N5O2. The van der Waals surface area contributed by atoms with Crippen LogP contribution >= 0.6 is 0 Å². The van der Waals surface area contributed by atoms with Crippen LogP contribution < -0.4 is 16.6 Å². The highest BCUT2D eigenvalue weighted by molar-refractivity contribution is 5.88. The van der Waals surface area contributed by atoms with Gasteiger partial charge < -0.3 is 15.0 Å². The van der Waals surface area contributed by atoms with Gasteiger partial charge in [0.2, 0.25) is 11.9 Å². The Morgan fingerprint density at radius 3 is 2.65 bits per heavy atom. The normalized spacial score (nSPS) is 13.1. The lowest BCUT2D eigenvalue weighted by Gasteiger charge is -2.19. The number of nitrogens with zero attached hydrogens (tertiary/aromatic N) is 2. The Labute approximate surface area is 102 Å². The Hall–Kier alpha value is -1.34. The molecular weight excluding hydrogens is 222 g/mol. The van der Waals surface area contributed by atoms with Crippen LogP contribution in [0.1, 0.15) is 13.3 Å². The second-order valence-corrected chi connectivity index (χ2v) is 3.82. The zero-order chi connectivity index (χ0) is 13.3. The number of likely N-dealkylation sites (N-methyl/N-ethyl adjacent to an activating group) is 1. The molecule has 0 aliphatic heterocycles. The smallest absolute Gasteiger partial charge is 0.244 e. The molecule has 0 aliphatic rings. The van der Waals surface area contributed by atoms with Crippen molar-refractivity contribution in [2.75, 3.05) is 34.4 Å². The van der Waals surface area contributed by atoms with E-state index < -0.39 is 0 Å². The molecule has 7 heteroatoms. The van der Waals surface area contributed by atoms with Gasteiger partial charge in [0.05, 0.1) is 0 Å². The van der Waals surface area contributed by atoms with Crippen LogP contribution in [-0.4, -0.2) is 57.2 Å². The van der Waals surface area contributed by atoms with Gasteiger partial charge in [-0.25, -0.2) is 5.84 Å². The topological polar surface area (TPSA) is 92.0 Å². The molecule has 0 rings (SSSR count). The van der Waals surface area contributed by atoms with Crippen LogP contribution in [0.5, 0.6) is 0 Å². The maximum atomic E-state index is 11.6. The zero-order valence-electron chi connectivity index (χ0n) is 11.0. The van der Waals surface area contributed by atoms with Crippen molar-refractivity contribution in [3.05, 3.63) is 0 Å². The number of carbonyl (C=O) groups excluding carboxylic acids is 1. The molecule has 0 radical (unpaired) electrons. The minimum Gasteiger partial charge on any atom is -0.385 e. The Balaban J connectivity index is 4.15. The van der Waals surface area contributed by atoms with Gasteiger partial charge in [-0.1, -0.05) is 0 Å². The number of nitrogens with one attached hydrogen (secondary N) is 2. The van der Waals surface area contributed by atoms with Gasteiger partial charge in [0.1, 0.15) is 6.04 Å². The van der Waals surface area contributed by atoms with Crippen molar-refractivity contribution in [3.8, 4) is 0 Å². The third kappa shape index (κ3) is 6.75. The summed E-state index contributed by atoms with van der Waals surface area (Å²) < 4.78 is 4.91. The predicted octanol–water partition coefficient (Wildman–Crippen LogP) is -1.09. The molecule has 1 amide bonds. The molecule has 0 heterocycles. The standard InChI is InChI=1S/C10H23N5O2/c1-8(9(16)15(2)3)13-10(14-11)12-6-5-7-17-4/h8H,5-7,11H2,1-4H3,(H2,12,13,14). The Morgan fingerprint density at radius 2 is 2.18 bits per heavy atom. The Bertz CT molecular complexity index is 255. The number of methoxy groups -OCH3 is 1. The lowest BCUT2D eigenvalue weighted by molar-refractivity contribution is -0.130. The third-order valence-corrected chi connectivity index (χ3v) is 2.08. The fraction of sp³-hybridized carbons (Fsp3) is 0.800. The second kappa shape index (κ2) is 8.77. The van der Waals surface area contributed by atoms with Gasteiger partial charge in [-0.2, -0.15) is 0 Å². The van der Waals surface area contributed by atoms with Crippen LogP contribution in [0.3, 0.4) is 0 Å². The average Bonchev–Trinajstić information content (AvgIpc) is 2.31. The van der Waals surface area contributed by atoms with Crippen LogP contribution in [0, 0.1) is 0 Å². The zero-order valence-corrected chi connectivity index (χ0v) is 11.0. The van der Waals surface area contributed by atoms with Crippen molar-refractivity contribution in [2.45, 2.75) is 19.4 Å². The number of rotatable bonds is 6. The molecule has 0 aromatic carbocycles. The van der Waals surface area contributed by atoms with Crippen LogP contribution in [0.2, 0.25) is 0 Å². The van der Waals surface area contributed by atoms with E-state index in [9.17, 15) is 4.79 Å². The van der Waals surface area contributed by atoms with E-state index >= 15 is 0 Å². The molecule has 0 aromatic heterocycles. The van der Waals surface area contributed by atoms with Gasteiger partial charge in [0.25, 0.3) is 0 Å². The number of nitrogens with two attached hydrogens (primary N) is 1. The van der Waals surface area contributed by atoms with Crippen molar-refractivity contribution in [2.24, 2.45) is 10.8 Å². The summed E-state index contributed by atoms with van der Waals surface area (Å²) >= 11 is 0. The summed E-state index contributed by atoms with van der Waals surface area (Å²) in [4.78, 5) is 17.3. The first kappa shape index (κ1) is 15.7. The molecule has 0 bridgehead atoms. The van der Waals surface area contributed by atoms with E-state index in [0.29, 0.717) is 19.1 Å². The third-order valence-electron chi connectivity index (χ3n) is 2.08. The minimum atomic E-state index is -0.373. The van der Waals surface area contributed by atoms with Crippen molar-refractivity contribution < 1.29 is 9.53 Å². The fourth-order valence-corrected chi connectivity index (χ4v) is 1.19. The van der Waals surface area contributed by atoms with Crippen molar-refractivity contribution in [1.82, 2.24) is 15.6 Å². The number of hydrazine groups is 1. The van der Waals surface area contributed by atoms with E-state index in [2.05, 4.69) is 15.7 Å². The molecule has 4 N–H and O–H groups in total. The summed E-state index contributed by atoms with van der Waals surface area (Å²) in [6, 6.07) is -0.373. The predicted molar refractivity (Wildman–Crippen MR) is 67.4 cm³/mol. The maximum absolute atomic E-state index is 11.6. The molecule has 0 aromatic rings. The van der Waals surface area contributed by atoms with Gasteiger partial charge in [0.15, 0.2) is 0 Å². The number of amides is 1. The molecule has 0 saturated heterocycles. The van der Waals surface area contributed by atoms with Gasteiger partial charge in [0, 0.05) is 34.4 Å². The molecule has 1 atom stereocenters. The molecule has 17 heavy (non-hydrogen) atoms. The lowest BCUT2D eigenvalue weighted by atomic mass is 10.3. The van der Waals surface area contributed by atoms with Crippen molar-refractivity contribution in [3.63, 3.8) is 0 Å². The summed E-state index contributed by atoms with van der Waals surface area (Å²) in [5.41, 5.74) is 2.43. The molecule has 0 spiro atoms. The Kier molecular flexibility index (Phi) is 8.08. The van der Waals surface area contributed by atoms with Gasteiger partial charge in [-0.05, 0) is 13.3 Å². The number of guanidine groups is 1. The van der Waals surface area contributed by atoms with Gasteiger partial charge in [-0.3, -0.25) is 15.2 Å². The highest BCUT2D eigenvalue weighted by Gasteiger charge is 2.15. The van der Waals surface area contributed by atoms with E-state index in [4.69, 9.17) is 10.6 Å². The molecule has 1 unspecified atom stereocenters. The summed E-state index contributed by atoms with van der Waals surface area (Å²) in [5, 5.41) is 2.91. The summed E-state index contributed by atoms with van der Waals surface area (Å²) in [7, 11) is 5.04. The van der Waals surface area contributed by atoms with Crippen LogP contribution in [0.4, 0.5) is 0 Å². The number of ether oxygens (including phenoxy) is 1. The van der Waals surface area contributed by atoms with E-state index in [-0.39, 0.29) is 11.9 Å². The fourth-order valence-electron chi connectivity index (χ4n) is 1.19. The first-order valence-corrected chi connectivity index (χ1v) is 5.50. The number of carbonyl (C=O) groups is 1. The van der Waals surface area contributed by atoms with Crippen molar-refractivity contribution >= 4 is 11.9 Å². The molecule has 0 fully saturated rings. The first-order chi connectivity index (χ1) is 8.02. The number of hydrogen-bond acceptors (Lipinski definition) is 4. The number of aliphatic imine (C=N–C) groups is 1. The van der Waals surface area contributed by atoms with Crippen LogP contribution in [0.25, 0.3) is 0 Å². The SMILES string of the molecule is COCCCN=C(NN)NC(C)C(=O)N(C)C. The van der Waals surface area contributed by atoms with E-state index in [0.717, 1.165) is 6.42 Å². The average molecular weight is 245 g/mol. The van der Waals surface area contributed by atoms with E-state index in [1.807, 2.05) is 0 Å². The van der Waals surface area contributed by atoms with E-state index in [1.165, 1.54) is 4.90 Å². The highest BCUT2D eigenvalue weighted by Crippen LogP contribution is 1.89. The van der Waals surface area contributed by atoms with E-state index in [1.54, 1.807) is 28.1 Å². The van der Waals surface area contributed by atoms with Gasteiger partial charge in [-0.15, -0.1) is 0 Å². The highest BCUT2D eigenvalue weighted by atomic mass is 16.5. The first-order valence-electron chi connectivity index (χ1n) is 5.50. The molecule has 0 saturated carbocycles.